The van der Waals surface area contributed by atoms with Gasteiger partial charge in [0.2, 0.25) is 5.91 Å². The molecule has 0 aromatic rings. The zero-order chi connectivity index (χ0) is 14.5. The highest BCUT2D eigenvalue weighted by molar-refractivity contribution is 5.82. The Morgan fingerprint density at radius 3 is 2.55 bits per heavy atom. The lowest BCUT2D eigenvalue weighted by Gasteiger charge is -2.40. The van der Waals surface area contributed by atoms with E-state index in [0.29, 0.717) is 12.0 Å². The molecule has 5 nitrogen and oxygen atoms in total. The first-order valence-electron chi connectivity index (χ1n) is 8.01. The molecule has 116 valence electrons. The molecule has 0 saturated carbocycles. The second kappa shape index (κ2) is 7.38. The second-order valence-corrected chi connectivity index (χ2v) is 6.54. The lowest BCUT2D eigenvalue weighted by molar-refractivity contribution is -0.123. The van der Waals surface area contributed by atoms with E-state index in [1.54, 1.807) is 0 Å². The number of nitrogens with one attached hydrogen (secondary N) is 2. The van der Waals surface area contributed by atoms with Crippen LogP contribution in [0.15, 0.2) is 0 Å². The van der Waals surface area contributed by atoms with Gasteiger partial charge in [-0.15, -0.1) is 0 Å². The van der Waals surface area contributed by atoms with Crippen LogP contribution < -0.4 is 10.6 Å². The van der Waals surface area contributed by atoms with Gasteiger partial charge in [-0.25, -0.2) is 0 Å². The number of carbonyl (C=O) groups excluding carboxylic acids is 1. The van der Waals surface area contributed by atoms with Gasteiger partial charge in [0.05, 0.1) is 6.04 Å². The summed E-state index contributed by atoms with van der Waals surface area (Å²) in [6.45, 7) is 10.7. The van der Waals surface area contributed by atoms with Crippen LogP contribution >= 0.6 is 0 Å². The van der Waals surface area contributed by atoms with Crippen LogP contribution in [0.25, 0.3) is 0 Å². The van der Waals surface area contributed by atoms with E-state index in [1.807, 2.05) is 0 Å². The summed E-state index contributed by atoms with van der Waals surface area (Å²) in [4.78, 5) is 17.0. The van der Waals surface area contributed by atoms with Gasteiger partial charge in [0.25, 0.3) is 0 Å². The average molecular weight is 282 g/mol. The van der Waals surface area contributed by atoms with E-state index < -0.39 is 0 Å². The van der Waals surface area contributed by atoms with Gasteiger partial charge in [-0.3, -0.25) is 9.69 Å². The molecular weight excluding hydrogens is 252 g/mol. The van der Waals surface area contributed by atoms with Crippen LogP contribution in [0.4, 0.5) is 0 Å². The number of hydrogen-bond donors (Lipinski definition) is 2. The first kappa shape index (κ1) is 15.7. The summed E-state index contributed by atoms with van der Waals surface area (Å²) in [5, 5.41) is 6.42. The van der Waals surface area contributed by atoms with Crippen molar-refractivity contribution in [3.8, 4) is 0 Å². The number of carbonyl (C=O) groups is 1. The summed E-state index contributed by atoms with van der Waals surface area (Å²) < 4.78 is 0. The predicted octanol–water partition coefficient (Wildman–Crippen LogP) is 0.127. The molecule has 1 unspecified atom stereocenters. The van der Waals surface area contributed by atoms with Crippen molar-refractivity contribution in [3.63, 3.8) is 0 Å². The molecule has 2 heterocycles. The smallest absolute Gasteiger partial charge is 0.237 e. The van der Waals surface area contributed by atoms with Crippen molar-refractivity contribution in [3.05, 3.63) is 0 Å². The Morgan fingerprint density at radius 2 is 2.00 bits per heavy atom. The topological polar surface area (TPSA) is 47.6 Å². The Balaban J connectivity index is 1.81. The number of rotatable bonds is 5. The number of likely N-dealkylation sites (N-methyl/N-ethyl adjacent to an activating group) is 1. The number of amides is 1. The quantitative estimate of drug-likeness (QED) is 0.752. The highest BCUT2D eigenvalue weighted by Gasteiger charge is 2.27. The fourth-order valence-corrected chi connectivity index (χ4v) is 3.18. The fraction of sp³-hybridized carbons (Fsp3) is 0.933. The van der Waals surface area contributed by atoms with Crippen LogP contribution in [0.1, 0.15) is 26.7 Å². The van der Waals surface area contributed by atoms with Gasteiger partial charge in [-0.1, -0.05) is 13.8 Å². The largest absolute Gasteiger partial charge is 0.353 e. The van der Waals surface area contributed by atoms with Crippen molar-refractivity contribution in [2.75, 3.05) is 46.3 Å². The van der Waals surface area contributed by atoms with E-state index in [4.69, 9.17) is 0 Å². The summed E-state index contributed by atoms with van der Waals surface area (Å²) in [7, 11) is 2.18. The molecule has 2 aliphatic heterocycles. The number of hydrogen-bond acceptors (Lipinski definition) is 4. The summed E-state index contributed by atoms with van der Waals surface area (Å²) in [5.74, 6) is 0.748. The highest BCUT2D eigenvalue weighted by Crippen LogP contribution is 2.13. The molecule has 2 atom stereocenters. The van der Waals surface area contributed by atoms with E-state index in [9.17, 15) is 4.79 Å². The van der Waals surface area contributed by atoms with Gasteiger partial charge in [0.1, 0.15) is 0 Å². The molecule has 2 fully saturated rings. The molecule has 20 heavy (non-hydrogen) atoms. The maximum Gasteiger partial charge on any atom is 0.237 e. The molecule has 0 radical (unpaired) electrons. The normalized spacial score (nSPS) is 26.9. The van der Waals surface area contributed by atoms with Gasteiger partial charge < -0.3 is 15.5 Å². The van der Waals surface area contributed by atoms with E-state index in [-0.39, 0.29) is 11.9 Å². The minimum Gasteiger partial charge on any atom is -0.353 e. The number of piperazine rings is 1. The average Bonchev–Trinajstić information content (AvgIpc) is 2.94. The first-order valence-corrected chi connectivity index (χ1v) is 8.01. The van der Waals surface area contributed by atoms with Crippen molar-refractivity contribution in [1.29, 1.82) is 0 Å². The number of nitrogens with zero attached hydrogens (tertiary/aromatic N) is 2. The maximum absolute atomic E-state index is 12.1. The first-order chi connectivity index (χ1) is 9.58. The van der Waals surface area contributed by atoms with Crippen molar-refractivity contribution >= 4 is 5.91 Å². The van der Waals surface area contributed by atoms with Crippen LogP contribution in [0, 0.1) is 5.92 Å². The Kier molecular flexibility index (Phi) is 5.81. The van der Waals surface area contributed by atoms with Gasteiger partial charge >= 0.3 is 0 Å². The van der Waals surface area contributed by atoms with Gasteiger partial charge in [0.15, 0.2) is 0 Å². The van der Waals surface area contributed by atoms with E-state index in [2.05, 4.69) is 41.3 Å². The van der Waals surface area contributed by atoms with Gasteiger partial charge in [-0.2, -0.15) is 0 Å². The summed E-state index contributed by atoms with van der Waals surface area (Å²) in [6, 6.07) is 0.490. The van der Waals surface area contributed by atoms with Crippen LogP contribution in [0.2, 0.25) is 0 Å². The minimum absolute atomic E-state index is 0.0373. The molecule has 0 aliphatic carbocycles. The van der Waals surface area contributed by atoms with Crippen LogP contribution in [-0.2, 0) is 4.79 Å². The monoisotopic (exact) mass is 282 g/mol. The Labute approximate surface area is 123 Å². The molecule has 1 amide bonds. The lowest BCUT2D eigenvalue weighted by atomic mass is 10.0. The molecule has 0 spiro atoms. The molecule has 0 bridgehead atoms. The Bertz CT molecular complexity index is 307. The van der Waals surface area contributed by atoms with E-state index >= 15 is 0 Å². The van der Waals surface area contributed by atoms with Crippen molar-refractivity contribution in [2.45, 2.75) is 38.8 Å². The van der Waals surface area contributed by atoms with Crippen molar-refractivity contribution in [2.24, 2.45) is 5.92 Å². The Morgan fingerprint density at radius 1 is 1.30 bits per heavy atom. The van der Waals surface area contributed by atoms with Crippen LogP contribution in [0.3, 0.4) is 0 Å². The second-order valence-electron chi connectivity index (χ2n) is 6.54. The zero-order valence-corrected chi connectivity index (χ0v) is 13.2. The third kappa shape index (κ3) is 4.17. The molecule has 2 saturated heterocycles. The van der Waals surface area contributed by atoms with Crippen molar-refractivity contribution < 1.29 is 4.79 Å². The van der Waals surface area contributed by atoms with Crippen molar-refractivity contribution in [1.82, 2.24) is 20.4 Å². The fourth-order valence-electron chi connectivity index (χ4n) is 3.18. The molecule has 0 aromatic heterocycles. The predicted molar refractivity (Wildman–Crippen MR) is 81.7 cm³/mol. The maximum atomic E-state index is 12.1. The van der Waals surface area contributed by atoms with Crippen LogP contribution in [0.5, 0.6) is 0 Å². The minimum atomic E-state index is 0.0373. The molecule has 2 N–H and O–H groups in total. The molecular formula is C15H30N4O. The Hall–Kier alpha value is -0.650. The zero-order valence-electron chi connectivity index (χ0n) is 13.2. The highest BCUT2D eigenvalue weighted by atomic mass is 16.2. The van der Waals surface area contributed by atoms with Crippen LogP contribution in [-0.4, -0.2) is 74.1 Å². The SMILES string of the molecule is CC(C)C(CNC(=O)[C@@H]1CCCN1)N1CCN(C)CC1. The van der Waals surface area contributed by atoms with E-state index in [0.717, 1.165) is 52.1 Å². The van der Waals surface area contributed by atoms with E-state index in [1.165, 1.54) is 0 Å². The molecule has 2 rings (SSSR count). The molecule has 5 heteroatoms. The third-order valence-corrected chi connectivity index (χ3v) is 4.64. The summed E-state index contributed by atoms with van der Waals surface area (Å²) in [5.41, 5.74) is 0. The summed E-state index contributed by atoms with van der Waals surface area (Å²) in [6.07, 6.45) is 2.09. The lowest BCUT2D eigenvalue weighted by Crippen LogP contribution is -2.55. The standard InChI is InChI=1S/C15H30N4O/c1-12(2)14(19-9-7-18(3)8-10-19)11-17-15(20)13-5-4-6-16-13/h12-14,16H,4-11H2,1-3H3,(H,17,20)/t13-,14?/m0/s1. The third-order valence-electron chi connectivity index (χ3n) is 4.64. The van der Waals surface area contributed by atoms with Gasteiger partial charge in [-0.05, 0) is 32.4 Å². The van der Waals surface area contributed by atoms with Gasteiger partial charge in [0, 0.05) is 38.8 Å². The summed E-state index contributed by atoms with van der Waals surface area (Å²) >= 11 is 0. The molecule has 2 aliphatic rings. The molecule has 0 aromatic carbocycles.